The maximum absolute atomic E-state index is 13.3. The Morgan fingerprint density at radius 2 is 1.07 bits per heavy atom. The van der Waals surface area contributed by atoms with E-state index < -0.39 is 5.92 Å². The fourth-order valence-corrected chi connectivity index (χ4v) is 8.13. The monoisotopic (exact) mass is 761 g/mol. The zero-order valence-electron chi connectivity index (χ0n) is 37.1. The summed E-state index contributed by atoms with van der Waals surface area (Å²) in [6, 6.07) is 12.4. The van der Waals surface area contributed by atoms with Crippen molar-refractivity contribution < 1.29 is 19.0 Å². The Hall–Kier alpha value is -2.33. The van der Waals surface area contributed by atoms with Gasteiger partial charge < -0.3 is 14.2 Å². The Balaban J connectivity index is 1.36. The third-order valence-corrected chi connectivity index (χ3v) is 11.8. The molecule has 0 bridgehead atoms. The summed E-state index contributed by atoms with van der Waals surface area (Å²) in [6.45, 7) is 19.8. The van der Waals surface area contributed by atoms with Gasteiger partial charge in [0.05, 0.1) is 6.61 Å². The normalized spacial score (nSPS) is 15.0. The fraction of sp³-hybridized carbons (Fsp3) is 0.745. The smallest absolute Gasteiger partial charge is 0.323 e. The molecular formula is C51H84O4. The minimum absolute atomic E-state index is 0.0365. The first-order chi connectivity index (χ1) is 26.5. The lowest BCUT2D eigenvalue weighted by Gasteiger charge is -2.27. The second-order valence-electron chi connectivity index (χ2n) is 18.9. The van der Waals surface area contributed by atoms with E-state index in [0.29, 0.717) is 19.1 Å². The van der Waals surface area contributed by atoms with Crippen molar-refractivity contribution in [3.8, 4) is 11.5 Å². The molecule has 2 unspecified atom stereocenters. The molecule has 0 spiro atoms. The first-order valence-electron chi connectivity index (χ1n) is 23.2. The van der Waals surface area contributed by atoms with Crippen LogP contribution in [0.15, 0.2) is 36.4 Å². The fourth-order valence-electron chi connectivity index (χ4n) is 8.13. The van der Waals surface area contributed by atoms with Crippen LogP contribution < -0.4 is 9.47 Å². The van der Waals surface area contributed by atoms with Crippen LogP contribution in [0.25, 0.3) is 0 Å². The third-order valence-electron chi connectivity index (χ3n) is 11.8. The summed E-state index contributed by atoms with van der Waals surface area (Å²) >= 11 is 0. The van der Waals surface area contributed by atoms with Crippen molar-refractivity contribution in [2.75, 3.05) is 19.8 Å². The molecule has 1 heterocycles. The van der Waals surface area contributed by atoms with Gasteiger partial charge in [-0.3, -0.25) is 4.79 Å². The van der Waals surface area contributed by atoms with Gasteiger partial charge in [0, 0.05) is 17.7 Å². The van der Waals surface area contributed by atoms with E-state index in [1.165, 1.54) is 153 Å². The summed E-state index contributed by atoms with van der Waals surface area (Å²) in [6.07, 6.45) is 31.9. The summed E-state index contributed by atoms with van der Waals surface area (Å²) in [5.74, 6) is 1.57. The van der Waals surface area contributed by atoms with E-state index in [1.54, 1.807) is 0 Å². The minimum atomic E-state index is -0.427. The molecule has 3 rings (SSSR count). The van der Waals surface area contributed by atoms with Gasteiger partial charge >= 0.3 is 5.97 Å². The Morgan fingerprint density at radius 3 is 1.53 bits per heavy atom. The largest absolute Gasteiger partial charge is 0.491 e. The average Bonchev–Trinajstić information content (AvgIpc) is 3.48. The number of hydrogen-bond acceptors (Lipinski definition) is 4. The first kappa shape index (κ1) is 47.0. The number of carbonyl (C=O) groups excluding carboxylic acids is 1. The Labute approximate surface area is 339 Å². The lowest BCUT2D eigenvalue weighted by Crippen LogP contribution is -2.17. The van der Waals surface area contributed by atoms with Gasteiger partial charge in [-0.2, -0.15) is 0 Å². The zero-order chi connectivity index (χ0) is 39.9. The van der Waals surface area contributed by atoms with Gasteiger partial charge in [0.2, 0.25) is 0 Å². The molecule has 0 saturated carbocycles. The van der Waals surface area contributed by atoms with E-state index in [2.05, 4.69) is 67.5 Å². The highest BCUT2D eigenvalue weighted by Crippen LogP contribution is 2.47. The molecule has 2 atom stereocenters. The van der Waals surface area contributed by atoms with Crippen molar-refractivity contribution in [1.29, 1.82) is 0 Å². The SMILES string of the molecule is CCCCCCCCCCCCCCCCCCC(CCCCCCC)COCCOc1ccc(C2C(=O)Oc3c2cc(C(C)(C)C)cc3C(C)(C)C)cc1. The number of esters is 1. The second kappa shape index (κ2) is 25.8. The standard InChI is InChI=1S/C51H84O4/c1-9-11-13-15-16-17-18-19-20-21-22-23-24-25-27-29-31-41(30-28-26-14-12-10-2)40-53-36-37-54-44-34-32-42(33-35-44)47-45-38-43(50(3,4)5)39-46(51(6,7)8)48(45)55-49(47)52/h32-35,38-39,41,47H,9-31,36-37,40H2,1-8H3. The van der Waals surface area contributed by atoms with Gasteiger partial charge in [0.25, 0.3) is 0 Å². The molecule has 0 aliphatic carbocycles. The van der Waals surface area contributed by atoms with Crippen LogP contribution in [0.3, 0.4) is 0 Å². The van der Waals surface area contributed by atoms with Crippen molar-refractivity contribution in [1.82, 2.24) is 0 Å². The number of benzene rings is 2. The maximum Gasteiger partial charge on any atom is 0.323 e. The number of carbonyl (C=O) groups is 1. The van der Waals surface area contributed by atoms with Crippen LogP contribution in [0.2, 0.25) is 0 Å². The molecule has 2 aromatic carbocycles. The highest BCUT2D eigenvalue weighted by atomic mass is 16.5. The summed E-state index contributed by atoms with van der Waals surface area (Å²) in [5.41, 5.74) is 4.06. The van der Waals surface area contributed by atoms with Crippen LogP contribution >= 0.6 is 0 Å². The molecule has 2 aromatic rings. The molecule has 0 radical (unpaired) electrons. The van der Waals surface area contributed by atoms with E-state index >= 15 is 0 Å². The van der Waals surface area contributed by atoms with Crippen LogP contribution in [-0.4, -0.2) is 25.8 Å². The van der Waals surface area contributed by atoms with Gasteiger partial charge in [-0.1, -0.05) is 214 Å². The van der Waals surface area contributed by atoms with Crippen molar-refractivity contribution in [3.05, 3.63) is 58.7 Å². The van der Waals surface area contributed by atoms with E-state index in [-0.39, 0.29) is 16.8 Å². The molecule has 0 fully saturated rings. The highest BCUT2D eigenvalue weighted by molar-refractivity contribution is 5.90. The number of hydrogen-bond donors (Lipinski definition) is 0. The molecule has 0 amide bonds. The molecule has 4 nitrogen and oxygen atoms in total. The lowest BCUT2D eigenvalue weighted by molar-refractivity contribution is -0.133. The first-order valence-corrected chi connectivity index (χ1v) is 23.2. The van der Waals surface area contributed by atoms with Gasteiger partial charge in [-0.15, -0.1) is 0 Å². The van der Waals surface area contributed by atoms with Crippen molar-refractivity contribution in [3.63, 3.8) is 0 Å². The molecular weight excluding hydrogens is 677 g/mol. The van der Waals surface area contributed by atoms with E-state index in [4.69, 9.17) is 14.2 Å². The molecule has 1 aliphatic heterocycles. The quantitative estimate of drug-likeness (QED) is 0.0452. The Morgan fingerprint density at radius 1 is 0.600 bits per heavy atom. The summed E-state index contributed by atoms with van der Waals surface area (Å²) < 4.78 is 18.3. The third kappa shape index (κ3) is 17.8. The van der Waals surface area contributed by atoms with Crippen LogP contribution in [0.1, 0.15) is 231 Å². The van der Waals surface area contributed by atoms with Gasteiger partial charge in [-0.05, 0) is 52.8 Å². The molecule has 0 aromatic heterocycles. The van der Waals surface area contributed by atoms with Crippen LogP contribution in [-0.2, 0) is 20.4 Å². The topological polar surface area (TPSA) is 44.8 Å². The number of unbranched alkanes of at least 4 members (excludes halogenated alkanes) is 19. The van der Waals surface area contributed by atoms with Gasteiger partial charge in [-0.25, -0.2) is 0 Å². The molecule has 4 heteroatoms. The van der Waals surface area contributed by atoms with Crippen LogP contribution in [0, 0.1) is 5.92 Å². The Bertz CT molecular complexity index is 1310. The molecule has 0 N–H and O–H groups in total. The molecule has 0 saturated heterocycles. The predicted octanol–water partition coefficient (Wildman–Crippen LogP) is 15.4. The summed E-state index contributed by atoms with van der Waals surface area (Å²) in [5, 5.41) is 0. The van der Waals surface area contributed by atoms with E-state index in [1.807, 2.05) is 24.3 Å². The van der Waals surface area contributed by atoms with Crippen LogP contribution in [0.4, 0.5) is 0 Å². The Kier molecular flexibility index (Phi) is 22.1. The number of ether oxygens (including phenoxy) is 3. The second-order valence-corrected chi connectivity index (χ2v) is 18.9. The molecule has 55 heavy (non-hydrogen) atoms. The van der Waals surface area contributed by atoms with Gasteiger partial charge in [0.15, 0.2) is 0 Å². The number of rotatable bonds is 30. The minimum Gasteiger partial charge on any atom is -0.491 e. The average molecular weight is 761 g/mol. The van der Waals surface area contributed by atoms with E-state index in [9.17, 15) is 4.79 Å². The van der Waals surface area contributed by atoms with Crippen molar-refractivity contribution in [2.45, 2.75) is 220 Å². The van der Waals surface area contributed by atoms with Crippen LogP contribution in [0.5, 0.6) is 11.5 Å². The van der Waals surface area contributed by atoms with Gasteiger partial charge in [0.1, 0.15) is 24.0 Å². The maximum atomic E-state index is 13.3. The highest BCUT2D eigenvalue weighted by Gasteiger charge is 2.39. The number of fused-ring (bicyclic) bond motifs is 1. The molecule has 1 aliphatic rings. The zero-order valence-corrected chi connectivity index (χ0v) is 37.1. The van der Waals surface area contributed by atoms with Crippen molar-refractivity contribution >= 4 is 5.97 Å². The molecule has 312 valence electrons. The summed E-state index contributed by atoms with van der Waals surface area (Å²) in [7, 11) is 0. The van der Waals surface area contributed by atoms with E-state index in [0.717, 1.165) is 34.8 Å². The lowest BCUT2D eigenvalue weighted by atomic mass is 9.77. The summed E-state index contributed by atoms with van der Waals surface area (Å²) in [4.78, 5) is 13.3. The van der Waals surface area contributed by atoms with Crippen molar-refractivity contribution in [2.24, 2.45) is 5.92 Å². The predicted molar refractivity (Wildman–Crippen MR) is 235 cm³/mol.